The van der Waals surface area contributed by atoms with Gasteiger partial charge >= 0.3 is 0 Å². The van der Waals surface area contributed by atoms with Gasteiger partial charge in [0, 0.05) is 6.07 Å². The van der Waals surface area contributed by atoms with Gasteiger partial charge in [0.15, 0.2) is 17.4 Å². The first-order valence-corrected chi connectivity index (χ1v) is 4.02. The minimum absolute atomic E-state index is 0.272. The summed E-state index contributed by atoms with van der Waals surface area (Å²) in [5.74, 6) is -3.52. The highest BCUT2D eigenvalue weighted by Gasteiger charge is 2.16. The molecular formula is C7H4F3IO. The summed E-state index contributed by atoms with van der Waals surface area (Å²) < 4.78 is 42.3. The summed E-state index contributed by atoms with van der Waals surface area (Å²) in [5.41, 5.74) is 0. The molecule has 0 spiro atoms. The van der Waals surface area contributed by atoms with Crippen molar-refractivity contribution in [2.24, 2.45) is 0 Å². The fourth-order valence-corrected chi connectivity index (χ4v) is 1.14. The predicted octanol–water partition coefficient (Wildman–Crippen LogP) is 2.72. The SMILES string of the molecule is COc1c(F)cc(F)c(I)c1F. The van der Waals surface area contributed by atoms with Gasteiger partial charge in [0.05, 0.1) is 10.7 Å². The first-order valence-electron chi connectivity index (χ1n) is 2.95. The molecule has 0 aliphatic carbocycles. The van der Waals surface area contributed by atoms with Gasteiger partial charge in [-0.1, -0.05) is 0 Å². The topological polar surface area (TPSA) is 9.23 Å². The number of hydrogen-bond donors (Lipinski definition) is 0. The molecule has 12 heavy (non-hydrogen) atoms. The standard InChI is InChI=1S/C7H4F3IO/c1-12-7-4(9)2-3(8)6(11)5(7)10/h2H,1H3. The molecule has 0 fully saturated rings. The molecule has 0 saturated carbocycles. The third-order valence-corrected chi connectivity index (χ3v) is 2.27. The Balaban J connectivity index is 3.40. The van der Waals surface area contributed by atoms with E-state index in [9.17, 15) is 13.2 Å². The van der Waals surface area contributed by atoms with Gasteiger partial charge in [0.25, 0.3) is 0 Å². The van der Waals surface area contributed by atoms with Crippen LogP contribution in [0.5, 0.6) is 5.75 Å². The number of rotatable bonds is 1. The molecule has 0 aliphatic heterocycles. The van der Waals surface area contributed by atoms with E-state index < -0.39 is 23.2 Å². The van der Waals surface area contributed by atoms with Gasteiger partial charge < -0.3 is 4.74 Å². The van der Waals surface area contributed by atoms with Crippen LogP contribution in [0.15, 0.2) is 6.07 Å². The highest BCUT2D eigenvalue weighted by Crippen LogP contribution is 2.27. The van der Waals surface area contributed by atoms with Crippen molar-refractivity contribution >= 4 is 22.6 Å². The van der Waals surface area contributed by atoms with Crippen LogP contribution in [0.25, 0.3) is 0 Å². The number of ether oxygens (including phenoxy) is 1. The van der Waals surface area contributed by atoms with E-state index in [0.717, 1.165) is 7.11 Å². The molecule has 1 aromatic rings. The molecule has 1 nitrogen and oxygen atoms in total. The van der Waals surface area contributed by atoms with Crippen LogP contribution in [0.4, 0.5) is 13.2 Å². The molecule has 0 aliphatic rings. The Morgan fingerprint density at radius 2 is 1.83 bits per heavy atom. The lowest BCUT2D eigenvalue weighted by molar-refractivity contribution is 0.354. The Labute approximate surface area is 80.7 Å². The molecule has 1 aromatic carbocycles. The van der Waals surface area contributed by atoms with Gasteiger partial charge in [0.1, 0.15) is 5.82 Å². The molecule has 5 heteroatoms. The fraction of sp³-hybridized carbons (Fsp3) is 0.143. The molecule has 0 atom stereocenters. The zero-order valence-corrected chi connectivity index (χ0v) is 8.15. The molecule has 0 amide bonds. The summed E-state index contributed by atoms with van der Waals surface area (Å²) in [7, 11) is 1.12. The molecule has 0 N–H and O–H groups in total. The summed E-state index contributed by atoms with van der Waals surface area (Å²) >= 11 is 1.44. The zero-order valence-electron chi connectivity index (χ0n) is 6.00. The van der Waals surface area contributed by atoms with Gasteiger partial charge in [-0.05, 0) is 22.6 Å². The molecule has 0 aromatic heterocycles. The minimum atomic E-state index is -1.03. The van der Waals surface area contributed by atoms with Gasteiger partial charge in [-0.15, -0.1) is 0 Å². The van der Waals surface area contributed by atoms with Crippen molar-refractivity contribution in [3.8, 4) is 5.75 Å². The van der Waals surface area contributed by atoms with Crippen molar-refractivity contribution in [2.45, 2.75) is 0 Å². The van der Waals surface area contributed by atoms with Crippen LogP contribution in [0.1, 0.15) is 0 Å². The maximum atomic E-state index is 12.9. The smallest absolute Gasteiger partial charge is 0.191 e. The van der Waals surface area contributed by atoms with Crippen LogP contribution in [-0.2, 0) is 0 Å². The largest absolute Gasteiger partial charge is 0.491 e. The van der Waals surface area contributed by atoms with Crippen LogP contribution in [0.2, 0.25) is 0 Å². The third kappa shape index (κ3) is 1.50. The molecule has 0 radical (unpaired) electrons. The number of halogens is 4. The maximum Gasteiger partial charge on any atom is 0.191 e. The average molecular weight is 288 g/mol. The van der Waals surface area contributed by atoms with Crippen LogP contribution in [-0.4, -0.2) is 7.11 Å². The molecule has 66 valence electrons. The van der Waals surface area contributed by atoms with Crippen molar-refractivity contribution in [3.63, 3.8) is 0 Å². The van der Waals surface area contributed by atoms with Crippen LogP contribution < -0.4 is 4.74 Å². The lowest BCUT2D eigenvalue weighted by atomic mass is 10.3. The molecule has 1 rings (SSSR count). The van der Waals surface area contributed by atoms with Crippen molar-refractivity contribution in [2.75, 3.05) is 7.11 Å². The maximum absolute atomic E-state index is 12.9. The van der Waals surface area contributed by atoms with Gasteiger partial charge in [-0.3, -0.25) is 0 Å². The van der Waals surface area contributed by atoms with E-state index in [1.165, 1.54) is 22.6 Å². The fourth-order valence-electron chi connectivity index (χ4n) is 0.737. The second-order valence-corrected chi connectivity index (χ2v) is 3.08. The van der Waals surface area contributed by atoms with Crippen molar-refractivity contribution < 1.29 is 17.9 Å². The Morgan fingerprint density at radius 3 is 2.33 bits per heavy atom. The van der Waals surface area contributed by atoms with E-state index in [2.05, 4.69) is 4.74 Å². The van der Waals surface area contributed by atoms with Crippen LogP contribution in [0.3, 0.4) is 0 Å². The Morgan fingerprint density at radius 1 is 1.25 bits per heavy atom. The van der Waals surface area contributed by atoms with Gasteiger partial charge in [0.2, 0.25) is 0 Å². The van der Waals surface area contributed by atoms with E-state index in [4.69, 9.17) is 0 Å². The van der Waals surface area contributed by atoms with E-state index >= 15 is 0 Å². The zero-order chi connectivity index (χ0) is 9.30. The summed E-state index contributed by atoms with van der Waals surface area (Å²) in [5, 5.41) is 0. The average Bonchev–Trinajstić information content (AvgIpc) is 2.01. The number of hydrogen-bond acceptors (Lipinski definition) is 1. The Hall–Kier alpha value is -0.460. The predicted molar refractivity (Wildman–Crippen MR) is 45.6 cm³/mol. The summed E-state index contributed by atoms with van der Waals surface area (Å²) in [6.45, 7) is 0. The molecule has 0 bridgehead atoms. The summed E-state index contributed by atoms with van der Waals surface area (Å²) in [6, 6.07) is 0.587. The van der Waals surface area contributed by atoms with Crippen molar-refractivity contribution in [1.29, 1.82) is 0 Å². The monoisotopic (exact) mass is 288 g/mol. The van der Waals surface area contributed by atoms with E-state index in [0.29, 0.717) is 6.07 Å². The first kappa shape index (κ1) is 9.63. The number of methoxy groups -OCH3 is 1. The van der Waals surface area contributed by atoms with Crippen molar-refractivity contribution in [1.82, 2.24) is 0 Å². The van der Waals surface area contributed by atoms with E-state index in [1.807, 2.05) is 0 Å². The second kappa shape index (κ2) is 3.51. The summed E-state index contributed by atoms with van der Waals surface area (Å²) in [6.07, 6.45) is 0. The van der Waals surface area contributed by atoms with Gasteiger partial charge in [-0.2, -0.15) is 0 Å². The molecule has 0 saturated heterocycles. The van der Waals surface area contributed by atoms with Crippen LogP contribution >= 0.6 is 22.6 Å². The van der Waals surface area contributed by atoms with Crippen molar-refractivity contribution in [3.05, 3.63) is 27.1 Å². The lowest BCUT2D eigenvalue weighted by Gasteiger charge is -2.04. The highest BCUT2D eigenvalue weighted by atomic mass is 127. The Bertz CT molecular complexity index is 314. The Kier molecular flexibility index (Phi) is 2.81. The normalized spacial score (nSPS) is 10.1. The molecular weight excluding hydrogens is 284 g/mol. The minimum Gasteiger partial charge on any atom is -0.491 e. The highest BCUT2D eigenvalue weighted by molar-refractivity contribution is 14.1. The first-order chi connectivity index (χ1) is 5.57. The van der Waals surface area contributed by atoms with Crippen LogP contribution in [0, 0.1) is 21.0 Å². The molecule has 0 unspecified atom stereocenters. The molecule has 0 heterocycles. The second-order valence-electron chi connectivity index (χ2n) is 2.00. The quantitative estimate of drug-likeness (QED) is 0.438. The third-order valence-electron chi connectivity index (χ3n) is 1.28. The number of benzene rings is 1. The van der Waals surface area contributed by atoms with E-state index in [-0.39, 0.29) is 3.57 Å². The van der Waals surface area contributed by atoms with Gasteiger partial charge in [-0.25, -0.2) is 13.2 Å². The summed E-state index contributed by atoms with van der Waals surface area (Å²) in [4.78, 5) is 0. The lowest BCUT2D eigenvalue weighted by Crippen LogP contribution is -1.98. The van der Waals surface area contributed by atoms with E-state index in [1.54, 1.807) is 0 Å².